The minimum absolute atomic E-state index is 0.818. The third-order valence-corrected chi connectivity index (χ3v) is 4.90. The smallest absolute Gasteiger partial charge is 0.0251 e. The van der Waals surface area contributed by atoms with Gasteiger partial charge in [-0.15, -0.1) is 0 Å². The summed E-state index contributed by atoms with van der Waals surface area (Å²) in [5.74, 6) is 0.818. The van der Waals surface area contributed by atoms with Crippen molar-refractivity contribution in [2.24, 2.45) is 0 Å². The topological polar surface area (TPSA) is 0 Å². The summed E-state index contributed by atoms with van der Waals surface area (Å²) in [6.07, 6.45) is 3.82. The fraction of sp³-hybridized carbons (Fsp3) is 0.250. The lowest BCUT2D eigenvalue weighted by Gasteiger charge is -2.08. The summed E-state index contributed by atoms with van der Waals surface area (Å²) in [5.41, 5.74) is 7.34. The standard InChI is InChI=1S/C16H13Br/c17-16-13(10-5-6-10)7-8-14-12-4-2-1-3-11(12)9-15(14)16/h1-4,7-8,10H,5-6,9H2. The predicted octanol–water partition coefficient (Wildman–Crippen LogP) is 4.90. The van der Waals surface area contributed by atoms with Crippen LogP contribution in [-0.4, -0.2) is 0 Å². The maximum Gasteiger partial charge on any atom is 0.0251 e. The molecule has 2 aliphatic rings. The van der Waals surface area contributed by atoms with Gasteiger partial charge in [-0.25, -0.2) is 0 Å². The van der Waals surface area contributed by atoms with Crippen molar-refractivity contribution < 1.29 is 0 Å². The predicted molar refractivity (Wildman–Crippen MR) is 74.4 cm³/mol. The first-order chi connectivity index (χ1) is 8.34. The van der Waals surface area contributed by atoms with E-state index in [1.807, 2.05) is 0 Å². The summed E-state index contributed by atoms with van der Waals surface area (Å²) >= 11 is 3.83. The van der Waals surface area contributed by atoms with E-state index in [2.05, 4.69) is 52.3 Å². The molecule has 1 saturated carbocycles. The first kappa shape index (κ1) is 9.90. The Morgan fingerprint density at radius 3 is 2.59 bits per heavy atom. The van der Waals surface area contributed by atoms with Crippen molar-refractivity contribution in [1.29, 1.82) is 0 Å². The number of fused-ring (bicyclic) bond motifs is 3. The Bertz CT molecular complexity index is 609. The minimum atomic E-state index is 0.818. The fourth-order valence-corrected chi connectivity index (χ4v) is 3.71. The lowest BCUT2D eigenvalue weighted by Crippen LogP contribution is -1.89. The third-order valence-electron chi connectivity index (χ3n) is 3.97. The Hall–Kier alpha value is -1.08. The molecule has 4 rings (SSSR count). The van der Waals surface area contributed by atoms with Gasteiger partial charge in [-0.05, 0) is 53.0 Å². The summed E-state index contributed by atoms with van der Waals surface area (Å²) in [6, 6.07) is 13.4. The molecule has 2 aliphatic carbocycles. The van der Waals surface area contributed by atoms with E-state index in [1.54, 1.807) is 0 Å². The monoisotopic (exact) mass is 284 g/mol. The number of rotatable bonds is 1. The van der Waals surface area contributed by atoms with Gasteiger partial charge < -0.3 is 0 Å². The van der Waals surface area contributed by atoms with Crippen LogP contribution in [0.4, 0.5) is 0 Å². The Labute approximate surface area is 110 Å². The van der Waals surface area contributed by atoms with Crippen molar-refractivity contribution in [3.05, 3.63) is 57.6 Å². The van der Waals surface area contributed by atoms with Crippen LogP contribution in [0.3, 0.4) is 0 Å². The number of hydrogen-bond acceptors (Lipinski definition) is 0. The minimum Gasteiger partial charge on any atom is -0.0619 e. The van der Waals surface area contributed by atoms with E-state index in [0.717, 1.165) is 12.3 Å². The van der Waals surface area contributed by atoms with E-state index in [1.165, 1.54) is 45.1 Å². The van der Waals surface area contributed by atoms with Gasteiger partial charge in [-0.3, -0.25) is 0 Å². The van der Waals surface area contributed by atoms with E-state index >= 15 is 0 Å². The summed E-state index contributed by atoms with van der Waals surface area (Å²) in [7, 11) is 0. The highest BCUT2D eigenvalue weighted by Gasteiger charge is 2.29. The Kier molecular flexibility index (Phi) is 2.01. The van der Waals surface area contributed by atoms with E-state index in [0.29, 0.717) is 0 Å². The van der Waals surface area contributed by atoms with E-state index in [9.17, 15) is 0 Å². The van der Waals surface area contributed by atoms with Gasteiger partial charge in [0.25, 0.3) is 0 Å². The highest BCUT2D eigenvalue weighted by molar-refractivity contribution is 9.10. The first-order valence-electron chi connectivity index (χ1n) is 6.24. The molecule has 0 saturated heterocycles. The molecule has 0 radical (unpaired) electrons. The fourth-order valence-electron chi connectivity index (χ4n) is 2.90. The van der Waals surface area contributed by atoms with Crippen molar-refractivity contribution in [1.82, 2.24) is 0 Å². The first-order valence-corrected chi connectivity index (χ1v) is 7.03. The van der Waals surface area contributed by atoms with Crippen LogP contribution in [0.15, 0.2) is 40.9 Å². The van der Waals surface area contributed by atoms with Crippen LogP contribution in [0.25, 0.3) is 11.1 Å². The van der Waals surface area contributed by atoms with Gasteiger partial charge in [0.15, 0.2) is 0 Å². The molecule has 0 nitrogen and oxygen atoms in total. The second-order valence-electron chi connectivity index (χ2n) is 5.10. The van der Waals surface area contributed by atoms with Crippen LogP contribution in [0.1, 0.15) is 35.4 Å². The molecule has 0 spiro atoms. The molecular weight excluding hydrogens is 272 g/mol. The van der Waals surface area contributed by atoms with Crippen LogP contribution in [0.5, 0.6) is 0 Å². The van der Waals surface area contributed by atoms with E-state index < -0.39 is 0 Å². The van der Waals surface area contributed by atoms with Crippen LogP contribution in [0, 0.1) is 0 Å². The SMILES string of the molecule is Brc1c(C2CC2)ccc2c1Cc1ccccc1-2. The van der Waals surface area contributed by atoms with Gasteiger partial charge in [0.05, 0.1) is 0 Å². The highest BCUT2D eigenvalue weighted by Crippen LogP contribution is 2.48. The zero-order valence-corrected chi connectivity index (χ0v) is 11.1. The Morgan fingerprint density at radius 1 is 0.941 bits per heavy atom. The zero-order chi connectivity index (χ0) is 11.4. The number of halogens is 1. The normalized spacial score (nSPS) is 16.8. The third kappa shape index (κ3) is 1.42. The van der Waals surface area contributed by atoms with Crippen LogP contribution in [-0.2, 0) is 6.42 Å². The summed E-state index contributed by atoms with van der Waals surface area (Å²) in [4.78, 5) is 0. The second kappa shape index (κ2) is 3.46. The quantitative estimate of drug-likeness (QED) is 0.596. The van der Waals surface area contributed by atoms with Crippen LogP contribution >= 0.6 is 15.9 Å². The molecule has 1 fully saturated rings. The van der Waals surface area contributed by atoms with E-state index in [4.69, 9.17) is 0 Å². The number of hydrogen-bond donors (Lipinski definition) is 0. The molecule has 0 aliphatic heterocycles. The summed E-state index contributed by atoms with van der Waals surface area (Å²) < 4.78 is 1.37. The average Bonchev–Trinajstić information content (AvgIpc) is 3.11. The van der Waals surface area contributed by atoms with Crippen molar-refractivity contribution in [3.63, 3.8) is 0 Å². The van der Waals surface area contributed by atoms with Gasteiger partial charge in [0.1, 0.15) is 0 Å². The molecule has 0 bridgehead atoms. The van der Waals surface area contributed by atoms with Gasteiger partial charge in [0.2, 0.25) is 0 Å². The molecule has 17 heavy (non-hydrogen) atoms. The Balaban J connectivity index is 1.93. The number of benzene rings is 2. The van der Waals surface area contributed by atoms with Gasteiger partial charge in [-0.2, -0.15) is 0 Å². The molecule has 0 heterocycles. The second-order valence-corrected chi connectivity index (χ2v) is 5.90. The lowest BCUT2D eigenvalue weighted by atomic mass is 10.0. The molecule has 84 valence electrons. The average molecular weight is 285 g/mol. The highest BCUT2D eigenvalue weighted by atomic mass is 79.9. The van der Waals surface area contributed by atoms with Gasteiger partial charge in [-0.1, -0.05) is 52.3 Å². The molecule has 0 N–H and O–H groups in total. The van der Waals surface area contributed by atoms with E-state index in [-0.39, 0.29) is 0 Å². The Morgan fingerprint density at radius 2 is 1.76 bits per heavy atom. The molecule has 0 amide bonds. The maximum absolute atomic E-state index is 3.83. The zero-order valence-electron chi connectivity index (χ0n) is 9.54. The molecule has 0 unspecified atom stereocenters. The lowest BCUT2D eigenvalue weighted by molar-refractivity contribution is 1.10. The summed E-state index contributed by atoms with van der Waals surface area (Å²) in [6.45, 7) is 0. The van der Waals surface area contributed by atoms with Crippen molar-refractivity contribution in [2.45, 2.75) is 25.2 Å². The molecule has 0 atom stereocenters. The van der Waals surface area contributed by atoms with Crippen molar-refractivity contribution >= 4 is 15.9 Å². The maximum atomic E-state index is 3.83. The largest absolute Gasteiger partial charge is 0.0619 e. The van der Waals surface area contributed by atoms with Crippen LogP contribution in [0.2, 0.25) is 0 Å². The molecule has 0 aromatic heterocycles. The molecule has 2 aromatic carbocycles. The summed E-state index contributed by atoms with van der Waals surface area (Å²) in [5, 5.41) is 0. The van der Waals surface area contributed by atoms with Crippen LogP contribution < -0.4 is 0 Å². The molecular formula is C16H13Br. The van der Waals surface area contributed by atoms with Gasteiger partial charge in [0, 0.05) is 4.47 Å². The van der Waals surface area contributed by atoms with Crippen molar-refractivity contribution in [3.8, 4) is 11.1 Å². The van der Waals surface area contributed by atoms with Gasteiger partial charge >= 0.3 is 0 Å². The molecule has 1 heteroatoms. The van der Waals surface area contributed by atoms with Crippen molar-refractivity contribution in [2.75, 3.05) is 0 Å². The molecule has 2 aromatic rings.